The van der Waals surface area contributed by atoms with Gasteiger partial charge in [-0.05, 0) is 39.0 Å². The van der Waals surface area contributed by atoms with Crippen molar-refractivity contribution in [3.05, 3.63) is 4.88 Å². The number of rotatable bonds is 4. The third-order valence-electron chi connectivity index (χ3n) is 3.58. The van der Waals surface area contributed by atoms with Crippen molar-refractivity contribution in [2.45, 2.75) is 52.5 Å². The molecule has 0 aliphatic heterocycles. The van der Waals surface area contributed by atoms with E-state index in [9.17, 15) is 4.79 Å². The summed E-state index contributed by atoms with van der Waals surface area (Å²) in [5, 5.41) is 6.91. The number of nitrogens with zero attached hydrogens (tertiary/aromatic N) is 1. The highest BCUT2D eigenvalue weighted by atomic mass is 32.1. The molecule has 1 fully saturated rings. The lowest BCUT2D eigenvalue weighted by Gasteiger charge is -2.38. The fourth-order valence-electron chi connectivity index (χ4n) is 2.20. The van der Waals surface area contributed by atoms with Gasteiger partial charge in [-0.15, -0.1) is 0 Å². The van der Waals surface area contributed by atoms with E-state index in [-0.39, 0.29) is 16.9 Å². The monoisotopic (exact) mass is 296 g/mol. The van der Waals surface area contributed by atoms with Crippen LogP contribution in [0.15, 0.2) is 0 Å². The Kier molecular flexibility index (Phi) is 3.95. The fourth-order valence-corrected chi connectivity index (χ4v) is 3.21. The van der Waals surface area contributed by atoms with E-state index in [1.165, 1.54) is 30.6 Å². The highest BCUT2D eigenvalue weighted by Gasteiger charge is 2.32. The van der Waals surface area contributed by atoms with Crippen LogP contribution in [0.2, 0.25) is 0 Å². The molecule has 1 amide bonds. The quantitative estimate of drug-likeness (QED) is 0.798. The van der Waals surface area contributed by atoms with Crippen molar-refractivity contribution in [1.29, 1.82) is 0 Å². The molecular weight excluding hydrogens is 272 g/mol. The second-order valence-electron chi connectivity index (χ2n) is 6.96. The number of nitrogen functional groups attached to an aromatic ring is 1. The van der Waals surface area contributed by atoms with Gasteiger partial charge in [0.25, 0.3) is 5.91 Å². The smallest absolute Gasteiger partial charge is 0.265 e. The summed E-state index contributed by atoms with van der Waals surface area (Å²) in [6, 6.07) is 0. The van der Waals surface area contributed by atoms with Crippen LogP contribution >= 0.6 is 11.3 Å². The first-order valence-electron chi connectivity index (χ1n) is 7.01. The maximum atomic E-state index is 12.2. The van der Waals surface area contributed by atoms with Crippen molar-refractivity contribution >= 4 is 28.2 Å². The average Bonchev–Trinajstić information content (AvgIpc) is 2.62. The van der Waals surface area contributed by atoms with Gasteiger partial charge in [-0.3, -0.25) is 4.79 Å². The number of carbonyl (C=O) groups excluding carboxylic acids is 1. The number of hydrogen-bond donors (Lipinski definition) is 3. The van der Waals surface area contributed by atoms with Crippen LogP contribution in [0.5, 0.6) is 0 Å². The minimum absolute atomic E-state index is 0.0998. The van der Waals surface area contributed by atoms with E-state index in [0.29, 0.717) is 22.4 Å². The van der Waals surface area contributed by atoms with E-state index in [4.69, 9.17) is 5.73 Å². The standard InChI is InChI=1S/C14H24N4OS/c1-13(2,3)18-12-17-10(15)9(20-12)11(19)16-8-14(4)6-5-7-14/h5-8,15H2,1-4H3,(H,16,19)(H,17,18). The van der Waals surface area contributed by atoms with Crippen LogP contribution in [0.4, 0.5) is 10.9 Å². The van der Waals surface area contributed by atoms with E-state index in [1.54, 1.807) is 0 Å². The van der Waals surface area contributed by atoms with Crippen molar-refractivity contribution in [3.8, 4) is 0 Å². The fraction of sp³-hybridized carbons (Fsp3) is 0.714. The number of nitrogens with one attached hydrogen (secondary N) is 2. The van der Waals surface area contributed by atoms with Crippen molar-refractivity contribution in [1.82, 2.24) is 10.3 Å². The maximum Gasteiger partial charge on any atom is 0.265 e. The lowest BCUT2D eigenvalue weighted by molar-refractivity contribution is 0.0895. The molecule has 1 aliphatic carbocycles. The van der Waals surface area contributed by atoms with Gasteiger partial charge in [0.15, 0.2) is 5.13 Å². The van der Waals surface area contributed by atoms with Gasteiger partial charge in [0.05, 0.1) is 0 Å². The molecule has 6 heteroatoms. The summed E-state index contributed by atoms with van der Waals surface area (Å²) in [5.74, 6) is 0.188. The molecule has 5 nitrogen and oxygen atoms in total. The Morgan fingerprint density at radius 3 is 2.60 bits per heavy atom. The van der Waals surface area contributed by atoms with Crippen LogP contribution in [0.25, 0.3) is 0 Å². The Morgan fingerprint density at radius 2 is 2.10 bits per heavy atom. The number of anilines is 2. The van der Waals surface area contributed by atoms with Gasteiger partial charge >= 0.3 is 0 Å². The molecule has 0 radical (unpaired) electrons. The van der Waals surface area contributed by atoms with Gasteiger partial charge in [-0.2, -0.15) is 0 Å². The lowest BCUT2D eigenvalue weighted by Crippen LogP contribution is -2.39. The number of amides is 1. The first kappa shape index (κ1) is 15.1. The highest BCUT2D eigenvalue weighted by Crippen LogP contribution is 2.39. The zero-order chi connectivity index (χ0) is 15.0. The van der Waals surface area contributed by atoms with Crippen LogP contribution in [0.1, 0.15) is 56.6 Å². The van der Waals surface area contributed by atoms with Gasteiger partial charge < -0.3 is 16.4 Å². The summed E-state index contributed by atoms with van der Waals surface area (Å²) in [6.45, 7) is 9.05. The Hall–Kier alpha value is -1.30. The molecule has 1 aliphatic rings. The van der Waals surface area contributed by atoms with Gasteiger partial charge in [0.2, 0.25) is 0 Å². The van der Waals surface area contributed by atoms with Crippen molar-refractivity contribution < 1.29 is 4.79 Å². The zero-order valence-corrected chi connectivity index (χ0v) is 13.5. The van der Waals surface area contributed by atoms with Crippen molar-refractivity contribution in [2.75, 3.05) is 17.6 Å². The third kappa shape index (κ3) is 3.62. The van der Waals surface area contributed by atoms with Gasteiger partial charge in [-0.25, -0.2) is 4.98 Å². The van der Waals surface area contributed by atoms with E-state index in [0.717, 1.165) is 0 Å². The van der Waals surface area contributed by atoms with Crippen LogP contribution in [-0.2, 0) is 0 Å². The molecule has 1 aromatic rings. The Labute approximate surface area is 124 Å². The largest absolute Gasteiger partial charge is 0.382 e. The normalized spacial score (nSPS) is 17.4. The van der Waals surface area contributed by atoms with Crippen LogP contribution in [0, 0.1) is 5.41 Å². The molecule has 0 saturated heterocycles. The summed E-state index contributed by atoms with van der Waals surface area (Å²) in [4.78, 5) is 16.9. The second-order valence-corrected chi connectivity index (χ2v) is 7.95. The SMILES string of the molecule is CC1(CNC(=O)c2sc(NC(C)(C)C)nc2N)CCC1. The van der Waals surface area contributed by atoms with Crippen LogP contribution in [-0.4, -0.2) is 23.0 Å². The van der Waals surface area contributed by atoms with Crippen LogP contribution in [0.3, 0.4) is 0 Å². The molecule has 1 saturated carbocycles. The lowest BCUT2D eigenvalue weighted by atomic mass is 9.70. The Balaban J connectivity index is 1.99. The molecule has 0 bridgehead atoms. The average molecular weight is 296 g/mol. The summed E-state index contributed by atoms with van der Waals surface area (Å²) >= 11 is 1.31. The molecule has 0 spiro atoms. The maximum absolute atomic E-state index is 12.2. The molecular formula is C14H24N4OS. The number of aromatic nitrogens is 1. The number of nitrogens with two attached hydrogens (primary N) is 1. The molecule has 0 aromatic carbocycles. The molecule has 0 atom stereocenters. The van der Waals surface area contributed by atoms with Gasteiger partial charge in [0, 0.05) is 12.1 Å². The minimum atomic E-state index is -0.116. The summed E-state index contributed by atoms with van der Waals surface area (Å²) in [6.07, 6.45) is 3.62. The van der Waals surface area contributed by atoms with Crippen molar-refractivity contribution in [3.63, 3.8) is 0 Å². The Bertz CT molecular complexity index is 500. The molecule has 1 heterocycles. The minimum Gasteiger partial charge on any atom is -0.382 e. The highest BCUT2D eigenvalue weighted by molar-refractivity contribution is 7.18. The van der Waals surface area contributed by atoms with Gasteiger partial charge in [-0.1, -0.05) is 24.7 Å². The molecule has 20 heavy (non-hydrogen) atoms. The Morgan fingerprint density at radius 1 is 1.45 bits per heavy atom. The zero-order valence-electron chi connectivity index (χ0n) is 12.7. The topological polar surface area (TPSA) is 80.0 Å². The van der Waals surface area contributed by atoms with E-state index in [2.05, 4.69) is 22.5 Å². The summed E-state index contributed by atoms with van der Waals surface area (Å²) in [5.41, 5.74) is 6.01. The van der Waals surface area contributed by atoms with Crippen molar-refractivity contribution in [2.24, 2.45) is 5.41 Å². The first-order chi connectivity index (χ1) is 9.19. The number of carbonyl (C=O) groups is 1. The third-order valence-corrected chi connectivity index (χ3v) is 4.56. The molecule has 1 aromatic heterocycles. The predicted molar refractivity (Wildman–Crippen MR) is 84.2 cm³/mol. The summed E-state index contributed by atoms with van der Waals surface area (Å²) in [7, 11) is 0. The molecule has 0 unspecified atom stereocenters. The molecule has 2 rings (SSSR count). The summed E-state index contributed by atoms with van der Waals surface area (Å²) < 4.78 is 0. The van der Waals surface area contributed by atoms with Gasteiger partial charge in [0.1, 0.15) is 10.7 Å². The van der Waals surface area contributed by atoms with Crippen LogP contribution < -0.4 is 16.4 Å². The predicted octanol–water partition coefficient (Wildman–Crippen LogP) is 2.86. The van der Waals surface area contributed by atoms with E-state index >= 15 is 0 Å². The first-order valence-corrected chi connectivity index (χ1v) is 7.83. The number of hydrogen-bond acceptors (Lipinski definition) is 5. The molecule has 4 N–H and O–H groups in total. The van der Waals surface area contributed by atoms with E-state index in [1.807, 2.05) is 20.8 Å². The molecule has 112 valence electrons. The van der Waals surface area contributed by atoms with E-state index < -0.39 is 0 Å². The second kappa shape index (κ2) is 5.24. The number of thiazole rings is 1.